The van der Waals surface area contributed by atoms with Gasteiger partial charge in [0.1, 0.15) is 5.82 Å². The zero-order chi connectivity index (χ0) is 15.7. The maximum atomic E-state index is 12.8. The number of aromatic nitrogens is 3. The fourth-order valence-corrected chi connectivity index (χ4v) is 3.48. The molecular formula is C15H23N5O2. The highest BCUT2D eigenvalue weighted by Gasteiger charge is 2.37. The van der Waals surface area contributed by atoms with Gasteiger partial charge < -0.3 is 9.80 Å². The van der Waals surface area contributed by atoms with Gasteiger partial charge in [-0.2, -0.15) is 5.10 Å². The lowest BCUT2D eigenvalue weighted by molar-refractivity contribution is -0.141. The van der Waals surface area contributed by atoms with Gasteiger partial charge in [-0.15, -0.1) is 0 Å². The Bertz CT molecular complexity index is 562. The summed E-state index contributed by atoms with van der Waals surface area (Å²) in [6.45, 7) is 5.61. The number of hydrogen-bond donors (Lipinski definition) is 1. The maximum absolute atomic E-state index is 12.8. The molecule has 2 amide bonds. The van der Waals surface area contributed by atoms with Crippen molar-refractivity contribution in [1.82, 2.24) is 25.0 Å². The number of amides is 2. The van der Waals surface area contributed by atoms with Crippen LogP contribution in [0.3, 0.4) is 0 Å². The molecule has 0 aromatic carbocycles. The Balaban J connectivity index is 1.65. The van der Waals surface area contributed by atoms with Crippen LogP contribution in [0, 0.1) is 12.8 Å². The molecule has 2 saturated heterocycles. The largest absolute Gasteiger partial charge is 0.343 e. The number of piperidine rings is 1. The number of nitrogens with zero attached hydrogens (tertiary/aromatic N) is 4. The van der Waals surface area contributed by atoms with E-state index < -0.39 is 0 Å². The Labute approximate surface area is 130 Å². The van der Waals surface area contributed by atoms with Crippen molar-refractivity contribution in [2.45, 2.75) is 45.6 Å². The van der Waals surface area contributed by atoms with Crippen molar-refractivity contribution < 1.29 is 9.59 Å². The maximum Gasteiger partial charge on any atom is 0.226 e. The second-order valence-electron chi connectivity index (χ2n) is 6.25. The number of hydrogen-bond acceptors (Lipinski definition) is 4. The number of aromatic amines is 1. The van der Waals surface area contributed by atoms with Crippen LogP contribution in [0.15, 0.2) is 0 Å². The monoisotopic (exact) mass is 305 g/mol. The second-order valence-corrected chi connectivity index (χ2v) is 6.25. The summed E-state index contributed by atoms with van der Waals surface area (Å²) >= 11 is 0. The summed E-state index contributed by atoms with van der Waals surface area (Å²) in [6.07, 6.45) is 3.44. The molecule has 0 unspecified atom stereocenters. The standard InChI is InChI=1S/C15H23N5O2/c1-10-16-14(18-17-10)13-4-3-7-20(13)15(22)12-5-8-19(9-6-12)11(2)21/h12-13H,3-9H2,1-2H3,(H,16,17,18)/t13-/m1/s1. The van der Waals surface area contributed by atoms with Crippen molar-refractivity contribution in [3.05, 3.63) is 11.6 Å². The zero-order valence-corrected chi connectivity index (χ0v) is 13.2. The molecule has 1 aromatic rings. The quantitative estimate of drug-likeness (QED) is 0.885. The third-order valence-corrected chi connectivity index (χ3v) is 4.74. The van der Waals surface area contributed by atoms with Crippen molar-refractivity contribution in [2.75, 3.05) is 19.6 Å². The average Bonchev–Trinajstić information content (AvgIpc) is 3.15. The van der Waals surface area contributed by atoms with Gasteiger partial charge in [0.05, 0.1) is 6.04 Å². The molecule has 1 aromatic heterocycles. The first kappa shape index (κ1) is 15.0. The van der Waals surface area contributed by atoms with Crippen LogP contribution >= 0.6 is 0 Å². The predicted octanol–water partition coefficient (Wildman–Crippen LogP) is 1.04. The number of rotatable bonds is 2. The van der Waals surface area contributed by atoms with E-state index in [4.69, 9.17) is 0 Å². The van der Waals surface area contributed by atoms with E-state index in [1.54, 1.807) is 6.92 Å². The van der Waals surface area contributed by atoms with Crippen LogP contribution in [0.1, 0.15) is 50.3 Å². The molecule has 0 spiro atoms. The molecule has 22 heavy (non-hydrogen) atoms. The topological polar surface area (TPSA) is 82.2 Å². The van der Waals surface area contributed by atoms with Gasteiger partial charge in [-0.05, 0) is 32.6 Å². The van der Waals surface area contributed by atoms with Crippen molar-refractivity contribution >= 4 is 11.8 Å². The molecular weight excluding hydrogens is 282 g/mol. The molecule has 2 aliphatic rings. The first-order valence-electron chi connectivity index (χ1n) is 8.01. The van der Waals surface area contributed by atoms with Crippen LogP contribution in [-0.2, 0) is 9.59 Å². The van der Waals surface area contributed by atoms with Crippen LogP contribution < -0.4 is 0 Å². The summed E-state index contributed by atoms with van der Waals surface area (Å²) in [5.41, 5.74) is 0. The molecule has 2 fully saturated rings. The number of nitrogens with one attached hydrogen (secondary N) is 1. The molecule has 7 nitrogen and oxygen atoms in total. The molecule has 2 aliphatic heterocycles. The van der Waals surface area contributed by atoms with Gasteiger partial charge in [-0.25, -0.2) is 4.98 Å². The van der Waals surface area contributed by atoms with E-state index in [-0.39, 0.29) is 23.8 Å². The van der Waals surface area contributed by atoms with E-state index in [1.807, 2.05) is 16.7 Å². The minimum Gasteiger partial charge on any atom is -0.343 e. The first-order valence-corrected chi connectivity index (χ1v) is 8.01. The highest BCUT2D eigenvalue weighted by atomic mass is 16.2. The SMILES string of the molecule is CC(=O)N1CCC(C(=O)N2CCC[C@@H]2c2n[nH]c(C)n2)CC1. The fraction of sp³-hybridized carbons (Fsp3) is 0.733. The molecule has 3 rings (SSSR count). The lowest BCUT2D eigenvalue weighted by Gasteiger charge is -2.34. The van der Waals surface area contributed by atoms with Crippen molar-refractivity contribution in [1.29, 1.82) is 0 Å². The van der Waals surface area contributed by atoms with Crippen LogP contribution in [0.5, 0.6) is 0 Å². The second kappa shape index (κ2) is 6.06. The number of H-pyrrole nitrogens is 1. The summed E-state index contributed by atoms with van der Waals surface area (Å²) in [7, 11) is 0. The molecule has 0 aliphatic carbocycles. The molecule has 120 valence electrons. The summed E-state index contributed by atoms with van der Waals surface area (Å²) in [4.78, 5) is 32.4. The molecule has 1 N–H and O–H groups in total. The number of carbonyl (C=O) groups excluding carboxylic acids is 2. The summed E-state index contributed by atoms with van der Waals surface area (Å²) in [5.74, 6) is 1.83. The minimum atomic E-state index is 0.00304. The van der Waals surface area contributed by atoms with E-state index in [9.17, 15) is 9.59 Å². The number of carbonyl (C=O) groups is 2. The van der Waals surface area contributed by atoms with Crippen LogP contribution in [-0.4, -0.2) is 56.4 Å². The average molecular weight is 305 g/mol. The third-order valence-electron chi connectivity index (χ3n) is 4.74. The van der Waals surface area contributed by atoms with Gasteiger partial charge in [0.15, 0.2) is 5.82 Å². The van der Waals surface area contributed by atoms with Crippen LogP contribution in [0.25, 0.3) is 0 Å². The molecule has 0 radical (unpaired) electrons. The number of aryl methyl sites for hydroxylation is 1. The van der Waals surface area contributed by atoms with Gasteiger partial charge in [0, 0.05) is 32.5 Å². The Morgan fingerprint density at radius 2 is 1.91 bits per heavy atom. The van der Waals surface area contributed by atoms with E-state index in [1.165, 1.54) is 0 Å². The van der Waals surface area contributed by atoms with Gasteiger partial charge in [0.25, 0.3) is 0 Å². The third kappa shape index (κ3) is 2.84. The van der Waals surface area contributed by atoms with E-state index in [0.29, 0.717) is 13.1 Å². The Morgan fingerprint density at radius 3 is 2.50 bits per heavy atom. The zero-order valence-electron chi connectivity index (χ0n) is 13.2. The van der Waals surface area contributed by atoms with Gasteiger partial charge in [-0.3, -0.25) is 14.7 Å². The Morgan fingerprint density at radius 1 is 1.18 bits per heavy atom. The Hall–Kier alpha value is -1.92. The fourth-order valence-electron chi connectivity index (χ4n) is 3.48. The lowest BCUT2D eigenvalue weighted by atomic mass is 9.95. The van der Waals surface area contributed by atoms with Crippen molar-refractivity contribution in [3.63, 3.8) is 0 Å². The Kier molecular flexibility index (Phi) is 4.13. The summed E-state index contributed by atoms with van der Waals surface area (Å²) < 4.78 is 0. The lowest BCUT2D eigenvalue weighted by Crippen LogP contribution is -2.43. The van der Waals surface area contributed by atoms with Crippen molar-refractivity contribution in [2.24, 2.45) is 5.92 Å². The molecule has 1 atom stereocenters. The normalized spacial score (nSPS) is 23.1. The van der Waals surface area contributed by atoms with Gasteiger partial charge in [-0.1, -0.05) is 0 Å². The highest BCUT2D eigenvalue weighted by molar-refractivity contribution is 5.80. The van der Waals surface area contributed by atoms with Gasteiger partial charge in [0.2, 0.25) is 11.8 Å². The van der Waals surface area contributed by atoms with Crippen molar-refractivity contribution in [3.8, 4) is 0 Å². The molecule has 7 heteroatoms. The van der Waals surface area contributed by atoms with Gasteiger partial charge >= 0.3 is 0 Å². The van der Waals surface area contributed by atoms with E-state index in [0.717, 1.165) is 43.9 Å². The smallest absolute Gasteiger partial charge is 0.226 e. The van der Waals surface area contributed by atoms with Crippen LogP contribution in [0.2, 0.25) is 0 Å². The van der Waals surface area contributed by atoms with E-state index >= 15 is 0 Å². The predicted molar refractivity (Wildman–Crippen MR) is 79.8 cm³/mol. The first-order chi connectivity index (χ1) is 10.6. The summed E-state index contributed by atoms with van der Waals surface area (Å²) in [6, 6.07) is 0.00304. The summed E-state index contributed by atoms with van der Waals surface area (Å²) in [5, 5.41) is 7.09. The van der Waals surface area contributed by atoms with E-state index in [2.05, 4.69) is 15.2 Å². The highest BCUT2D eigenvalue weighted by Crippen LogP contribution is 2.33. The number of likely N-dealkylation sites (tertiary alicyclic amines) is 2. The minimum absolute atomic E-state index is 0.00304. The molecule has 0 bridgehead atoms. The molecule has 0 saturated carbocycles. The van der Waals surface area contributed by atoms with Crippen LogP contribution in [0.4, 0.5) is 0 Å². The molecule has 3 heterocycles.